The molecule has 0 aromatic heterocycles. The largest absolute Gasteiger partial charge is 0.493 e. The van der Waals surface area contributed by atoms with Crippen LogP contribution < -0.4 is 15.6 Å². The van der Waals surface area contributed by atoms with Crippen LogP contribution in [0.5, 0.6) is 5.75 Å². The molecule has 0 bridgehead atoms. The SMILES string of the molecule is CCCCCCOc1ccc(Br)cc1C(=O)NNC(=O)c1ccc(C)cc1. The number of rotatable bonds is 8. The molecule has 5 nitrogen and oxygen atoms in total. The van der Waals surface area contributed by atoms with Gasteiger partial charge in [-0.15, -0.1) is 0 Å². The van der Waals surface area contributed by atoms with Crippen LogP contribution in [0.15, 0.2) is 46.9 Å². The van der Waals surface area contributed by atoms with E-state index in [9.17, 15) is 9.59 Å². The lowest BCUT2D eigenvalue weighted by molar-refractivity contribution is 0.0844. The minimum absolute atomic E-state index is 0.365. The Balaban J connectivity index is 1.96. The first-order valence-corrected chi connectivity index (χ1v) is 9.90. The van der Waals surface area contributed by atoms with E-state index in [0.717, 1.165) is 29.3 Å². The second kappa shape index (κ2) is 10.7. The molecule has 0 aliphatic heterocycles. The van der Waals surface area contributed by atoms with Gasteiger partial charge in [-0.2, -0.15) is 0 Å². The normalized spacial score (nSPS) is 10.3. The number of carbonyl (C=O) groups excluding carboxylic acids is 2. The van der Waals surface area contributed by atoms with Gasteiger partial charge < -0.3 is 4.74 Å². The molecule has 2 amide bonds. The van der Waals surface area contributed by atoms with E-state index in [-0.39, 0.29) is 5.91 Å². The maximum Gasteiger partial charge on any atom is 0.273 e. The van der Waals surface area contributed by atoms with E-state index in [1.54, 1.807) is 24.3 Å². The Morgan fingerprint density at radius 3 is 2.37 bits per heavy atom. The minimum atomic E-state index is -0.430. The third-order valence-corrected chi connectivity index (χ3v) is 4.54. The van der Waals surface area contributed by atoms with Gasteiger partial charge in [-0.1, -0.05) is 59.8 Å². The predicted octanol–water partition coefficient (Wildman–Crippen LogP) is 4.79. The van der Waals surface area contributed by atoms with Gasteiger partial charge in [0.2, 0.25) is 0 Å². The Morgan fingerprint density at radius 1 is 0.963 bits per heavy atom. The average Bonchev–Trinajstić information content (AvgIpc) is 2.67. The number of halogens is 1. The lowest BCUT2D eigenvalue weighted by Crippen LogP contribution is -2.41. The summed E-state index contributed by atoms with van der Waals surface area (Å²) in [5, 5.41) is 0. The van der Waals surface area contributed by atoms with Gasteiger partial charge in [0.15, 0.2) is 0 Å². The highest BCUT2D eigenvalue weighted by Crippen LogP contribution is 2.23. The zero-order chi connectivity index (χ0) is 19.6. The number of hydrazine groups is 1. The molecular formula is C21H25BrN2O3. The quantitative estimate of drug-likeness (QED) is 0.465. The molecule has 2 N–H and O–H groups in total. The molecule has 0 radical (unpaired) electrons. The first-order chi connectivity index (χ1) is 13.0. The molecule has 0 saturated heterocycles. The van der Waals surface area contributed by atoms with Crippen molar-refractivity contribution in [3.05, 3.63) is 63.6 Å². The number of hydrogen-bond acceptors (Lipinski definition) is 3. The molecule has 144 valence electrons. The van der Waals surface area contributed by atoms with Gasteiger partial charge in [0.05, 0.1) is 12.2 Å². The first kappa shape index (κ1) is 21.0. The Morgan fingerprint density at radius 2 is 1.67 bits per heavy atom. The zero-order valence-corrected chi connectivity index (χ0v) is 17.3. The summed E-state index contributed by atoms with van der Waals surface area (Å²) in [6.45, 7) is 4.65. The summed E-state index contributed by atoms with van der Waals surface area (Å²) in [5.74, 6) is -0.308. The number of aryl methyl sites for hydroxylation is 1. The van der Waals surface area contributed by atoms with E-state index in [1.165, 1.54) is 6.42 Å². The average molecular weight is 433 g/mol. The highest BCUT2D eigenvalue weighted by molar-refractivity contribution is 9.10. The van der Waals surface area contributed by atoms with Crippen molar-refractivity contribution in [2.24, 2.45) is 0 Å². The van der Waals surface area contributed by atoms with E-state index in [2.05, 4.69) is 33.7 Å². The summed E-state index contributed by atoms with van der Waals surface area (Å²) < 4.78 is 6.53. The van der Waals surface area contributed by atoms with Crippen molar-refractivity contribution in [1.82, 2.24) is 10.9 Å². The van der Waals surface area contributed by atoms with Crippen LogP contribution in [0.25, 0.3) is 0 Å². The Bertz CT molecular complexity index is 775. The zero-order valence-electron chi connectivity index (χ0n) is 15.7. The molecule has 0 atom stereocenters. The van der Waals surface area contributed by atoms with Gasteiger partial charge in [0.1, 0.15) is 5.75 Å². The van der Waals surface area contributed by atoms with Gasteiger partial charge in [-0.3, -0.25) is 20.4 Å². The van der Waals surface area contributed by atoms with Crippen LogP contribution in [0.4, 0.5) is 0 Å². The van der Waals surface area contributed by atoms with Gasteiger partial charge in [-0.25, -0.2) is 0 Å². The molecule has 0 fully saturated rings. The summed E-state index contributed by atoms with van der Waals surface area (Å²) in [6.07, 6.45) is 4.37. The minimum Gasteiger partial charge on any atom is -0.493 e. The smallest absolute Gasteiger partial charge is 0.273 e. The van der Waals surface area contributed by atoms with E-state index < -0.39 is 5.91 Å². The molecule has 0 aliphatic rings. The molecule has 2 aromatic rings. The fourth-order valence-electron chi connectivity index (χ4n) is 2.47. The fourth-order valence-corrected chi connectivity index (χ4v) is 2.84. The molecule has 0 aliphatic carbocycles. The van der Waals surface area contributed by atoms with Crippen LogP contribution in [-0.4, -0.2) is 18.4 Å². The van der Waals surface area contributed by atoms with Gasteiger partial charge in [-0.05, 0) is 43.7 Å². The lowest BCUT2D eigenvalue weighted by atomic mass is 10.1. The van der Waals surface area contributed by atoms with Crippen LogP contribution in [0.2, 0.25) is 0 Å². The number of benzene rings is 2. The number of nitrogens with one attached hydrogen (secondary N) is 2. The number of hydrogen-bond donors (Lipinski definition) is 2. The summed E-state index contributed by atoms with van der Waals surface area (Å²) in [7, 11) is 0. The standard InChI is InChI=1S/C21H25BrN2O3/c1-3-4-5-6-13-27-19-12-11-17(22)14-18(19)21(26)24-23-20(25)16-9-7-15(2)8-10-16/h7-12,14H,3-6,13H2,1-2H3,(H,23,25)(H,24,26). The van der Waals surface area contributed by atoms with E-state index in [1.807, 2.05) is 25.1 Å². The van der Waals surface area contributed by atoms with Crippen molar-refractivity contribution in [2.45, 2.75) is 39.5 Å². The number of unbranched alkanes of at least 4 members (excludes halogenated alkanes) is 3. The highest BCUT2D eigenvalue weighted by atomic mass is 79.9. The van der Waals surface area contributed by atoms with Gasteiger partial charge in [0, 0.05) is 10.0 Å². The fraction of sp³-hybridized carbons (Fsp3) is 0.333. The van der Waals surface area contributed by atoms with Crippen molar-refractivity contribution in [3.63, 3.8) is 0 Å². The highest BCUT2D eigenvalue weighted by Gasteiger charge is 2.15. The Labute approximate surface area is 168 Å². The Hall–Kier alpha value is -2.34. The van der Waals surface area contributed by atoms with Crippen LogP contribution >= 0.6 is 15.9 Å². The molecule has 2 aromatic carbocycles. The van der Waals surface area contributed by atoms with E-state index >= 15 is 0 Å². The van der Waals surface area contributed by atoms with Crippen molar-refractivity contribution >= 4 is 27.7 Å². The third kappa shape index (κ3) is 6.71. The molecule has 0 saturated carbocycles. The molecule has 27 heavy (non-hydrogen) atoms. The maximum absolute atomic E-state index is 12.5. The molecule has 2 rings (SSSR count). The molecule has 0 unspecified atom stereocenters. The van der Waals surface area contributed by atoms with Crippen LogP contribution in [0.1, 0.15) is 58.9 Å². The molecule has 6 heteroatoms. The monoisotopic (exact) mass is 432 g/mol. The van der Waals surface area contributed by atoms with E-state index in [0.29, 0.717) is 23.5 Å². The van der Waals surface area contributed by atoms with Gasteiger partial charge >= 0.3 is 0 Å². The number of ether oxygens (including phenoxy) is 1. The number of amides is 2. The van der Waals surface area contributed by atoms with Crippen molar-refractivity contribution in [2.75, 3.05) is 6.61 Å². The topological polar surface area (TPSA) is 67.4 Å². The lowest BCUT2D eigenvalue weighted by Gasteiger charge is -2.13. The number of carbonyl (C=O) groups is 2. The van der Waals surface area contributed by atoms with E-state index in [4.69, 9.17) is 4.74 Å². The van der Waals surface area contributed by atoms with Crippen molar-refractivity contribution in [1.29, 1.82) is 0 Å². The first-order valence-electron chi connectivity index (χ1n) is 9.11. The molecule has 0 spiro atoms. The van der Waals surface area contributed by atoms with Crippen molar-refractivity contribution < 1.29 is 14.3 Å². The van der Waals surface area contributed by atoms with Crippen LogP contribution in [-0.2, 0) is 0 Å². The van der Waals surface area contributed by atoms with Gasteiger partial charge in [0.25, 0.3) is 11.8 Å². The second-order valence-electron chi connectivity index (χ2n) is 6.32. The summed E-state index contributed by atoms with van der Waals surface area (Å²) in [6, 6.07) is 12.4. The van der Waals surface area contributed by atoms with Crippen molar-refractivity contribution in [3.8, 4) is 5.75 Å². The van der Waals surface area contributed by atoms with Crippen LogP contribution in [0, 0.1) is 6.92 Å². The summed E-state index contributed by atoms with van der Waals surface area (Å²) in [4.78, 5) is 24.7. The Kier molecular flexibility index (Phi) is 8.33. The maximum atomic E-state index is 12.5. The summed E-state index contributed by atoms with van der Waals surface area (Å²) >= 11 is 3.37. The summed E-state index contributed by atoms with van der Waals surface area (Å²) in [5.41, 5.74) is 6.79. The van der Waals surface area contributed by atoms with Crippen LogP contribution in [0.3, 0.4) is 0 Å². The predicted molar refractivity (Wildman–Crippen MR) is 110 cm³/mol. The third-order valence-electron chi connectivity index (χ3n) is 4.05. The molecule has 0 heterocycles. The molecular weight excluding hydrogens is 408 g/mol. The second-order valence-corrected chi connectivity index (χ2v) is 7.24.